The van der Waals surface area contributed by atoms with Crippen molar-refractivity contribution < 1.29 is 14.3 Å². The van der Waals surface area contributed by atoms with Crippen LogP contribution in [-0.4, -0.2) is 24.5 Å². The van der Waals surface area contributed by atoms with Crippen molar-refractivity contribution in [3.8, 4) is 0 Å². The van der Waals surface area contributed by atoms with Crippen LogP contribution in [0.25, 0.3) is 0 Å². The normalized spacial score (nSPS) is 12.3. The third-order valence-electron chi connectivity index (χ3n) is 1.82. The smallest absolute Gasteiger partial charge is 0.328 e. The first-order valence-electron chi connectivity index (χ1n) is 5.41. The second-order valence-corrected chi connectivity index (χ2v) is 4.05. The van der Waals surface area contributed by atoms with Crippen LogP contribution in [0, 0.1) is 5.92 Å². The summed E-state index contributed by atoms with van der Waals surface area (Å²) < 4.78 is 5.00. The van der Waals surface area contributed by atoms with E-state index >= 15 is 0 Å². The van der Waals surface area contributed by atoms with Crippen molar-refractivity contribution in [1.29, 1.82) is 0 Å². The van der Waals surface area contributed by atoms with Crippen LogP contribution in [0.5, 0.6) is 0 Å². The summed E-state index contributed by atoms with van der Waals surface area (Å²) in [6, 6.07) is -0.506. The molecule has 1 atom stereocenters. The Hall–Kier alpha value is -1.06. The molecule has 0 spiro atoms. The summed E-state index contributed by atoms with van der Waals surface area (Å²) in [6.45, 7) is 7.75. The molecule has 0 rings (SSSR count). The van der Waals surface area contributed by atoms with Crippen molar-refractivity contribution >= 4 is 11.9 Å². The van der Waals surface area contributed by atoms with Crippen LogP contribution in [0.1, 0.15) is 40.5 Å². The molecular weight excluding hydrogens is 194 g/mol. The zero-order valence-electron chi connectivity index (χ0n) is 10.0. The molecule has 1 N–H and O–H groups in total. The second-order valence-electron chi connectivity index (χ2n) is 4.05. The average molecular weight is 215 g/mol. The summed E-state index contributed by atoms with van der Waals surface area (Å²) in [4.78, 5) is 22.4. The zero-order chi connectivity index (χ0) is 11.8. The highest BCUT2D eigenvalue weighted by Crippen LogP contribution is 2.06. The van der Waals surface area contributed by atoms with Gasteiger partial charge in [0.15, 0.2) is 0 Å². The van der Waals surface area contributed by atoms with Crippen molar-refractivity contribution in [2.75, 3.05) is 6.61 Å². The van der Waals surface area contributed by atoms with Crippen LogP contribution >= 0.6 is 0 Å². The summed E-state index contributed by atoms with van der Waals surface area (Å²) in [6.07, 6.45) is 1.41. The Balaban J connectivity index is 4.20. The standard InChI is InChI=1S/C11H21NO3/c1-5-6-15-11(14)10(7-8(2)3)12-9(4)13/h8,10H,5-7H2,1-4H3,(H,12,13). The lowest BCUT2D eigenvalue weighted by molar-refractivity contribution is -0.148. The molecule has 0 radical (unpaired) electrons. The Labute approximate surface area is 91.4 Å². The topological polar surface area (TPSA) is 55.4 Å². The fourth-order valence-electron chi connectivity index (χ4n) is 1.23. The second kappa shape index (κ2) is 7.26. The maximum atomic E-state index is 11.5. The molecular formula is C11H21NO3. The van der Waals surface area contributed by atoms with E-state index in [0.717, 1.165) is 6.42 Å². The van der Waals surface area contributed by atoms with Gasteiger partial charge in [0.2, 0.25) is 5.91 Å². The molecule has 0 saturated carbocycles. The molecule has 0 fully saturated rings. The van der Waals surface area contributed by atoms with Crippen LogP contribution in [0.3, 0.4) is 0 Å². The van der Waals surface area contributed by atoms with E-state index in [9.17, 15) is 9.59 Å². The summed E-state index contributed by atoms with van der Waals surface area (Å²) in [7, 11) is 0. The molecule has 15 heavy (non-hydrogen) atoms. The lowest BCUT2D eigenvalue weighted by Gasteiger charge is -2.18. The molecule has 88 valence electrons. The van der Waals surface area contributed by atoms with Gasteiger partial charge in [0, 0.05) is 6.92 Å². The van der Waals surface area contributed by atoms with Crippen LogP contribution in [0.4, 0.5) is 0 Å². The van der Waals surface area contributed by atoms with Gasteiger partial charge in [0.25, 0.3) is 0 Å². The molecule has 0 aliphatic heterocycles. The molecule has 0 aliphatic rings. The van der Waals surface area contributed by atoms with Gasteiger partial charge in [-0.25, -0.2) is 4.79 Å². The predicted octanol–water partition coefficient (Wildman–Crippen LogP) is 1.49. The number of rotatable bonds is 6. The van der Waals surface area contributed by atoms with E-state index in [1.54, 1.807) is 0 Å². The number of amides is 1. The van der Waals surface area contributed by atoms with Gasteiger partial charge >= 0.3 is 5.97 Å². The van der Waals surface area contributed by atoms with Gasteiger partial charge in [-0.3, -0.25) is 4.79 Å². The SMILES string of the molecule is CCCOC(=O)C(CC(C)C)NC(C)=O. The molecule has 0 aromatic heterocycles. The minimum absolute atomic E-state index is 0.200. The van der Waals surface area contributed by atoms with Crippen molar-refractivity contribution in [1.82, 2.24) is 5.32 Å². The Morgan fingerprint density at radius 1 is 1.33 bits per heavy atom. The van der Waals surface area contributed by atoms with Gasteiger partial charge in [-0.2, -0.15) is 0 Å². The van der Waals surface area contributed by atoms with Crippen LogP contribution in [0.15, 0.2) is 0 Å². The molecule has 4 heteroatoms. The van der Waals surface area contributed by atoms with Crippen LogP contribution < -0.4 is 5.32 Å². The number of carbonyl (C=O) groups excluding carboxylic acids is 2. The summed E-state index contributed by atoms with van der Waals surface area (Å²) in [5.41, 5.74) is 0. The van der Waals surface area contributed by atoms with Crippen molar-refractivity contribution in [2.45, 2.75) is 46.6 Å². The molecule has 1 amide bonds. The van der Waals surface area contributed by atoms with Crippen molar-refractivity contribution in [3.63, 3.8) is 0 Å². The van der Waals surface area contributed by atoms with Gasteiger partial charge in [-0.1, -0.05) is 20.8 Å². The Morgan fingerprint density at radius 2 is 1.93 bits per heavy atom. The highest BCUT2D eigenvalue weighted by Gasteiger charge is 2.21. The molecule has 1 unspecified atom stereocenters. The molecule has 0 aromatic rings. The number of nitrogens with one attached hydrogen (secondary N) is 1. The highest BCUT2D eigenvalue weighted by molar-refractivity contribution is 5.83. The average Bonchev–Trinajstić information content (AvgIpc) is 2.11. The van der Waals surface area contributed by atoms with E-state index < -0.39 is 6.04 Å². The van der Waals surface area contributed by atoms with Crippen LogP contribution in [0.2, 0.25) is 0 Å². The number of carbonyl (C=O) groups is 2. The largest absolute Gasteiger partial charge is 0.464 e. The summed E-state index contributed by atoms with van der Waals surface area (Å²) in [5, 5.41) is 2.61. The summed E-state index contributed by atoms with van der Waals surface area (Å²) >= 11 is 0. The monoisotopic (exact) mass is 215 g/mol. The third kappa shape index (κ3) is 6.94. The Kier molecular flexibility index (Phi) is 6.75. The highest BCUT2D eigenvalue weighted by atomic mass is 16.5. The maximum absolute atomic E-state index is 11.5. The predicted molar refractivity (Wildman–Crippen MR) is 58.3 cm³/mol. The van der Waals surface area contributed by atoms with Gasteiger partial charge in [-0.15, -0.1) is 0 Å². The van der Waals surface area contributed by atoms with Gasteiger partial charge in [-0.05, 0) is 18.8 Å². The quantitative estimate of drug-likeness (QED) is 0.683. The molecule has 0 heterocycles. The maximum Gasteiger partial charge on any atom is 0.328 e. The number of ether oxygens (including phenoxy) is 1. The van der Waals surface area contributed by atoms with E-state index in [0.29, 0.717) is 18.9 Å². The van der Waals surface area contributed by atoms with Gasteiger partial charge in [0.05, 0.1) is 6.61 Å². The molecule has 0 aromatic carbocycles. The van der Waals surface area contributed by atoms with Gasteiger partial charge in [0.1, 0.15) is 6.04 Å². The fourth-order valence-corrected chi connectivity index (χ4v) is 1.23. The van der Waals surface area contributed by atoms with E-state index in [2.05, 4.69) is 5.32 Å². The lowest BCUT2D eigenvalue weighted by atomic mass is 10.0. The van der Waals surface area contributed by atoms with Crippen LogP contribution in [-0.2, 0) is 14.3 Å². The number of hydrogen-bond donors (Lipinski definition) is 1. The van der Waals surface area contributed by atoms with E-state index in [1.807, 2.05) is 20.8 Å². The molecule has 0 saturated heterocycles. The Morgan fingerprint density at radius 3 is 2.33 bits per heavy atom. The van der Waals surface area contributed by atoms with E-state index in [1.165, 1.54) is 6.92 Å². The van der Waals surface area contributed by atoms with Gasteiger partial charge < -0.3 is 10.1 Å². The first-order chi connectivity index (χ1) is 6.97. The molecule has 0 bridgehead atoms. The first kappa shape index (κ1) is 13.9. The van der Waals surface area contributed by atoms with E-state index in [4.69, 9.17) is 4.74 Å². The fraction of sp³-hybridized carbons (Fsp3) is 0.818. The summed E-state index contributed by atoms with van der Waals surface area (Å²) in [5.74, 6) is -0.189. The third-order valence-corrected chi connectivity index (χ3v) is 1.82. The molecule has 0 aliphatic carbocycles. The number of hydrogen-bond acceptors (Lipinski definition) is 3. The van der Waals surface area contributed by atoms with Crippen molar-refractivity contribution in [2.24, 2.45) is 5.92 Å². The first-order valence-corrected chi connectivity index (χ1v) is 5.41. The lowest BCUT2D eigenvalue weighted by Crippen LogP contribution is -2.41. The minimum atomic E-state index is -0.506. The minimum Gasteiger partial charge on any atom is -0.464 e. The zero-order valence-corrected chi connectivity index (χ0v) is 10.0. The molecule has 4 nitrogen and oxygen atoms in total. The van der Waals surface area contributed by atoms with Crippen molar-refractivity contribution in [3.05, 3.63) is 0 Å². The van der Waals surface area contributed by atoms with E-state index in [-0.39, 0.29) is 11.9 Å². The number of esters is 1. The Bertz CT molecular complexity index is 214.